The van der Waals surface area contributed by atoms with Crippen molar-refractivity contribution >= 4 is 17.7 Å². The Bertz CT molecular complexity index is 672. The quantitative estimate of drug-likeness (QED) is 0.681. The number of amidine groups is 1. The Morgan fingerprint density at radius 1 is 1.00 bits per heavy atom. The van der Waals surface area contributed by atoms with Crippen LogP contribution in [0.25, 0.3) is 6.08 Å². The van der Waals surface area contributed by atoms with E-state index >= 15 is 0 Å². The molecule has 0 saturated heterocycles. The first-order chi connectivity index (χ1) is 10.2. The van der Waals surface area contributed by atoms with Crippen molar-refractivity contribution in [3.8, 4) is 0 Å². The zero-order chi connectivity index (χ0) is 16.1. The van der Waals surface area contributed by atoms with Crippen molar-refractivity contribution in [2.75, 3.05) is 18.0 Å². The lowest BCUT2D eigenvalue weighted by Gasteiger charge is -2.32. The highest BCUT2D eigenvalue weighted by Crippen LogP contribution is 2.41. The van der Waals surface area contributed by atoms with Crippen molar-refractivity contribution in [2.45, 2.75) is 18.8 Å². The molecule has 0 fully saturated rings. The normalized spacial score (nSPS) is 17.9. The summed E-state index contributed by atoms with van der Waals surface area (Å²) < 4.78 is 77.8. The number of hydrogen-bond acceptors (Lipinski definition) is 3. The molecule has 0 N–H and O–H groups in total. The minimum absolute atomic E-state index is 0.0508. The van der Waals surface area contributed by atoms with E-state index in [4.69, 9.17) is 0 Å². The van der Waals surface area contributed by atoms with Gasteiger partial charge in [0.25, 0.3) is 0 Å². The van der Waals surface area contributed by atoms with Crippen LogP contribution in [-0.4, -0.2) is 23.9 Å². The van der Waals surface area contributed by atoms with Crippen molar-refractivity contribution < 1.29 is 26.3 Å². The smallest absolute Gasteiger partial charge is 0.311 e. The molecule has 3 nitrogen and oxygen atoms in total. The van der Waals surface area contributed by atoms with Gasteiger partial charge in [0.15, 0.2) is 0 Å². The maximum Gasteiger partial charge on any atom is 0.433 e. The third-order valence-electron chi connectivity index (χ3n) is 3.38. The van der Waals surface area contributed by atoms with E-state index in [0.717, 1.165) is 6.08 Å². The lowest BCUT2D eigenvalue weighted by atomic mass is 10.0. The first-order valence-electron chi connectivity index (χ1n) is 6.37. The zero-order valence-corrected chi connectivity index (χ0v) is 11.0. The zero-order valence-electron chi connectivity index (χ0n) is 11.0. The third kappa shape index (κ3) is 2.44. The van der Waals surface area contributed by atoms with Crippen LogP contribution in [0.1, 0.15) is 23.2 Å². The number of nitrogens with zero attached hydrogens (tertiary/aromatic N) is 3. The highest BCUT2D eigenvalue weighted by molar-refractivity contribution is 6.11. The molecule has 0 atom stereocenters. The summed E-state index contributed by atoms with van der Waals surface area (Å²) in [6, 6.07) is 0.0508. The van der Waals surface area contributed by atoms with Crippen molar-refractivity contribution in [1.82, 2.24) is 4.98 Å². The number of anilines is 1. The number of aliphatic imine (C=N–C) groups is 1. The lowest BCUT2D eigenvalue weighted by Crippen LogP contribution is -2.38. The van der Waals surface area contributed by atoms with Crippen LogP contribution in [0.4, 0.5) is 32.2 Å². The molecule has 3 rings (SSSR count). The number of pyridine rings is 1. The summed E-state index contributed by atoms with van der Waals surface area (Å²) >= 11 is 0. The van der Waals surface area contributed by atoms with Crippen molar-refractivity contribution in [3.63, 3.8) is 0 Å². The topological polar surface area (TPSA) is 28.5 Å². The summed E-state index contributed by atoms with van der Waals surface area (Å²) in [5.74, 6) is -0.0122. The van der Waals surface area contributed by atoms with Crippen LogP contribution < -0.4 is 4.90 Å². The number of rotatable bonds is 0. The second kappa shape index (κ2) is 4.72. The monoisotopic (exact) mass is 321 g/mol. The van der Waals surface area contributed by atoms with Crippen LogP contribution in [0.5, 0.6) is 0 Å². The number of fused-ring (bicyclic) bond motifs is 3. The predicted molar refractivity (Wildman–Crippen MR) is 67.5 cm³/mol. The predicted octanol–water partition coefficient (Wildman–Crippen LogP) is 3.75. The Balaban J connectivity index is 2.26. The second-order valence-corrected chi connectivity index (χ2v) is 4.87. The molecule has 2 aliphatic heterocycles. The van der Waals surface area contributed by atoms with Gasteiger partial charge in [-0.15, -0.1) is 0 Å². The molecule has 3 heterocycles. The summed E-state index contributed by atoms with van der Waals surface area (Å²) in [5, 5.41) is 0. The van der Waals surface area contributed by atoms with E-state index in [1.54, 1.807) is 0 Å². The van der Waals surface area contributed by atoms with Gasteiger partial charge in [0.1, 0.15) is 17.3 Å². The Hall–Kier alpha value is -2.06. The summed E-state index contributed by atoms with van der Waals surface area (Å²) in [7, 11) is 0. The van der Waals surface area contributed by atoms with Crippen molar-refractivity contribution in [2.24, 2.45) is 4.99 Å². The second-order valence-electron chi connectivity index (χ2n) is 4.87. The van der Waals surface area contributed by atoms with Gasteiger partial charge < -0.3 is 4.90 Å². The van der Waals surface area contributed by atoms with Gasteiger partial charge >= 0.3 is 12.4 Å². The molecule has 0 radical (unpaired) electrons. The fourth-order valence-corrected chi connectivity index (χ4v) is 2.43. The minimum atomic E-state index is -4.96. The molecule has 22 heavy (non-hydrogen) atoms. The Kier molecular flexibility index (Phi) is 3.19. The molecule has 0 unspecified atom stereocenters. The standard InChI is InChI=1S/C13H9F6N3/c14-12(15,16)8-6-9(13(17,18)19)21-11-7(8)2-3-10-20-4-1-5-22(10)11/h2-3,6H,1,4-5H2. The minimum Gasteiger partial charge on any atom is -0.311 e. The maximum atomic E-state index is 13.1. The molecule has 0 aromatic carbocycles. The summed E-state index contributed by atoms with van der Waals surface area (Å²) in [5.41, 5.74) is -3.26. The van der Waals surface area contributed by atoms with E-state index in [2.05, 4.69) is 9.98 Å². The molecule has 9 heteroatoms. The molecule has 0 aliphatic carbocycles. The van der Waals surface area contributed by atoms with Crippen LogP contribution >= 0.6 is 0 Å². The average Bonchev–Trinajstić information content (AvgIpc) is 2.44. The van der Waals surface area contributed by atoms with Gasteiger partial charge in [-0.2, -0.15) is 26.3 Å². The third-order valence-corrected chi connectivity index (χ3v) is 3.38. The SMILES string of the molecule is FC(F)(F)c1cc(C(F)(F)F)c2c(n1)N1CCCN=C1C=C2. The summed E-state index contributed by atoms with van der Waals surface area (Å²) in [6.45, 7) is 0.762. The number of hydrogen-bond donors (Lipinski definition) is 0. The van der Waals surface area contributed by atoms with Gasteiger partial charge in [-0.1, -0.05) is 0 Å². The first kappa shape index (κ1) is 14.9. The molecule has 0 saturated carbocycles. The van der Waals surface area contributed by atoms with Crippen LogP contribution in [0.15, 0.2) is 17.1 Å². The van der Waals surface area contributed by atoms with E-state index in [-0.39, 0.29) is 24.0 Å². The largest absolute Gasteiger partial charge is 0.433 e. The van der Waals surface area contributed by atoms with Gasteiger partial charge in [-0.3, -0.25) is 4.99 Å². The van der Waals surface area contributed by atoms with E-state index in [1.165, 1.54) is 11.0 Å². The van der Waals surface area contributed by atoms with E-state index < -0.39 is 23.6 Å². The highest BCUT2D eigenvalue weighted by Gasteiger charge is 2.42. The van der Waals surface area contributed by atoms with Gasteiger partial charge in [-0.25, -0.2) is 4.98 Å². The molecule has 1 aromatic heterocycles. The Morgan fingerprint density at radius 3 is 2.36 bits per heavy atom. The van der Waals surface area contributed by atoms with Gasteiger partial charge in [0.05, 0.1) is 5.56 Å². The Morgan fingerprint density at radius 2 is 1.73 bits per heavy atom. The van der Waals surface area contributed by atoms with Crippen LogP contribution in [-0.2, 0) is 12.4 Å². The fraction of sp³-hybridized carbons (Fsp3) is 0.385. The number of alkyl halides is 6. The van der Waals surface area contributed by atoms with E-state index in [0.29, 0.717) is 18.8 Å². The van der Waals surface area contributed by atoms with Crippen LogP contribution in [0, 0.1) is 0 Å². The summed E-state index contributed by atoms with van der Waals surface area (Å²) in [6.07, 6.45) is -6.83. The molecule has 2 aliphatic rings. The van der Waals surface area contributed by atoms with Crippen molar-refractivity contribution in [1.29, 1.82) is 0 Å². The molecule has 0 spiro atoms. The van der Waals surface area contributed by atoms with Gasteiger partial charge in [0.2, 0.25) is 0 Å². The fourth-order valence-electron chi connectivity index (χ4n) is 2.43. The van der Waals surface area contributed by atoms with E-state index in [1.807, 2.05) is 0 Å². The van der Waals surface area contributed by atoms with E-state index in [9.17, 15) is 26.3 Å². The molecule has 0 bridgehead atoms. The highest BCUT2D eigenvalue weighted by atomic mass is 19.4. The van der Waals surface area contributed by atoms with Crippen LogP contribution in [0.2, 0.25) is 0 Å². The molecule has 118 valence electrons. The van der Waals surface area contributed by atoms with Crippen LogP contribution in [0.3, 0.4) is 0 Å². The lowest BCUT2D eigenvalue weighted by molar-refractivity contribution is -0.145. The molecular weight excluding hydrogens is 312 g/mol. The van der Waals surface area contributed by atoms with Crippen molar-refractivity contribution in [3.05, 3.63) is 29.0 Å². The molecular formula is C13H9F6N3. The average molecular weight is 321 g/mol. The number of aromatic nitrogens is 1. The first-order valence-corrected chi connectivity index (χ1v) is 6.37. The maximum absolute atomic E-state index is 13.1. The molecule has 0 amide bonds. The number of halogens is 6. The Labute approximate surface area is 121 Å². The summed E-state index contributed by atoms with van der Waals surface area (Å²) in [4.78, 5) is 8.79. The van der Waals surface area contributed by atoms with Gasteiger partial charge in [-0.05, 0) is 24.6 Å². The van der Waals surface area contributed by atoms with Gasteiger partial charge in [0, 0.05) is 18.7 Å². The molecule has 1 aromatic rings.